The molecule has 96 valence electrons. The van der Waals surface area contributed by atoms with Gasteiger partial charge in [0.25, 0.3) is 0 Å². The number of aromatic nitrogens is 4. The smallest absolute Gasteiger partial charge is 0.230 e. The third kappa shape index (κ3) is 2.28. The minimum atomic E-state index is 0.387. The Morgan fingerprint density at radius 3 is 3.17 bits per heavy atom. The Bertz CT molecular complexity index is 510. The van der Waals surface area contributed by atoms with Gasteiger partial charge in [-0.1, -0.05) is 5.16 Å². The second-order valence-corrected chi connectivity index (χ2v) is 4.74. The molecule has 1 N–H and O–H groups in total. The highest BCUT2D eigenvalue weighted by Crippen LogP contribution is 2.26. The molecule has 6 nitrogen and oxygen atoms in total. The lowest BCUT2D eigenvalue weighted by Crippen LogP contribution is -2.13. The molecule has 1 saturated heterocycles. The van der Waals surface area contributed by atoms with Crippen LogP contribution in [0.3, 0.4) is 0 Å². The van der Waals surface area contributed by atoms with Crippen molar-refractivity contribution in [3.63, 3.8) is 0 Å². The third-order valence-electron chi connectivity index (χ3n) is 3.33. The van der Waals surface area contributed by atoms with E-state index in [4.69, 9.17) is 4.52 Å². The van der Waals surface area contributed by atoms with Gasteiger partial charge in [-0.2, -0.15) is 10.1 Å². The highest BCUT2D eigenvalue weighted by molar-refractivity contribution is 5.51. The summed E-state index contributed by atoms with van der Waals surface area (Å²) in [4.78, 5) is 4.50. The van der Waals surface area contributed by atoms with Gasteiger partial charge in [-0.25, -0.2) is 0 Å². The predicted molar refractivity (Wildman–Crippen MR) is 66.0 cm³/mol. The summed E-state index contributed by atoms with van der Waals surface area (Å²) in [6, 6.07) is 0. The SMILES string of the molecule is Cn1cc(-c2noc([C@H]3CCCNCC3)n2)cn1. The summed E-state index contributed by atoms with van der Waals surface area (Å²) in [5.74, 6) is 1.78. The van der Waals surface area contributed by atoms with Crippen molar-refractivity contribution in [1.29, 1.82) is 0 Å². The average Bonchev–Trinajstić information content (AvgIpc) is 2.92. The zero-order valence-corrected chi connectivity index (χ0v) is 10.5. The zero-order chi connectivity index (χ0) is 12.4. The van der Waals surface area contributed by atoms with Crippen molar-refractivity contribution in [2.45, 2.75) is 25.2 Å². The molecule has 2 aromatic heterocycles. The molecule has 0 spiro atoms. The van der Waals surface area contributed by atoms with E-state index in [0.717, 1.165) is 43.8 Å². The van der Waals surface area contributed by atoms with Gasteiger partial charge in [0.15, 0.2) is 0 Å². The molecule has 0 bridgehead atoms. The van der Waals surface area contributed by atoms with Crippen molar-refractivity contribution in [2.75, 3.05) is 13.1 Å². The summed E-state index contributed by atoms with van der Waals surface area (Å²) in [5, 5.41) is 11.5. The van der Waals surface area contributed by atoms with E-state index in [2.05, 4.69) is 20.6 Å². The molecule has 0 radical (unpaired) electrons. The van der Waals surface area contributed by atoms with Gasteiger partial charge < -0.3 is 9.84 Å². The molecule has 18 heavy (non-hydrogen) atoms. The standard InChI is InChI=1S/C12H17N5O/c1-17-8-10(7-14-17)11-15-12(18-16-11)9-3-2-5-13-6-4-9/h7-9,13H,2-6H2,1H3/t9-/m0/s1. The fourth-order valence-electron chi connectivity index (χ4n) is 2.32. The number of aryl methyl sites for hydroxylation is 1. The van der Waals surface area contributed by atoms with Gasteiger partial charge in [-0.3, -0.25) is 4.68 Å². The molecule has 0 unspecified atom stereocenters. The van der Waals surface area contributed by atoms with Gasteiger partial charge in [0.2, 0.25) is 11.7 Å². The molecule has 3 heterocycles. The van der Waals surface area contributed by atoms with Crippen LogP contribution in [0, 0.1) is 0 Å². The Morgan fingerprint density at radius 2 is 2.33 bits per heavy atom. The number of nitrogens with zero attached hydrogens (tertiary/aromatic N) is 4. The molecule has 0 saturated carbocycles. The lowest BCUT2D eigenvalue weighted by Gasteiger charge is -2.06. The minimum Gasteiger partial charge on any atom is -0.339 e. The summed E-state index contributed by atoms with van der Waals surface area (Å²) in [7, 11) is 1.88. The second-order valence-electron chi connectivity index (χ2n) is 4.74. The van der Waals surface area contributed by atoms with Crippen molar-refractivity contribution in [3.8, 4) is 11.4 Å². The largest absolute Gasteiger partial charge is 0.339 e. The van der Waals surface area contributed by atoms with E-state index in [9.17, 15) is 0 Å². The molecular weight excluding hydrogens is 230 g/mol. The van der Waals surface area contributed by atoms with E-state index in [1.807, 2.05) is 13.2 Å². The minimum absolute atomic E-state index is 0.387. The topological polar surface area (TPSA) is 68.8 Å². The third-order valence-corrected chi connectivity index (χ3v) is 3.33. The molecule has 1 fully saturated rings. The molecule has 0 aliphatic carbocycles. The van der Waals surface area contributed by atoms with Crippen LogP contribution >= 0.6 is 0 Å². The van der Waals surface area contributed by atoms with Gasteiger partial charge in [0, 0.05) is 19.2 Å². The summed E-state index contributed by atoms with van der Waals surface area (Å²) in [6.07, 6.45) is 6.98. The van der Waals surface area contributed by atoms with E-state index in [1.54, 1.807) is 10.9 Å². The van der Waals surface area contributed by atoms with Crippen LogP contribution in [0.25, 0.3) is 11.4 Å². The lowest BCUT2D eigenvalue weighted by molar-refractivity contribution is 0.343. The monoisotopic (exact) mass is 247 g/mol. The Morgan fingerprint density at radius 1 is 1.39 bits per heavy atom. The van der Waals surface area contributed by atoms with Crippen LogP contribution in [0.1, 0.15) is 31.1 Å². The van der Waals surface area contributed by atoms with Gasteiger partial charge in [0.05, 0.1) is 11.8 Å². The molecule has 1 aliphatic heterocycles. The van der Waals surface area contributed by atoms with Crippen molar-refractivity contribution in [3.05, 3.63) is 18.3 Å². The van der Waals surface area contributed by atoms with E-state index >= 15 is 0 Å². The molecule has 6 heteroatoms. The van der Waals surface area contributed by atoms with Crippen LogP contribution in [0.5, 0.6) is 0 Å². The van der Waals surface area contributed by atoms with Crippen LogP contribution in [-0.2, 0) is 7.05 Å². The zero-order valence-electron chi connectivity index (χ0n) is 10.5. The first-order valence-corrected chi connectivity index (χ1v) is 6.36. The summed E-state index contributed by atoms with van der Waals surface area (Å²) >= 11 is 0. The molecule has 1 atom stereocenters. The fraction of sp³-hybridized carbons (Fsp3) is 0.583. The highest BCUT2D eigenvalue weighted by atomic mass is 16.5. The Hall–Kier alpha value is -1.69. The Kier molecular flexibility index (Phi) is 3.10. The van der Waals surface area contributed by atoms with Gasteiger partial charge in [-0.05, 0) is 32.4 Å². The summed E-state index contributed by atoms with van der Waals surface area (Å²) in [6.45, 7) is 2.11. The van der Waals surface area contributed by atoms with Crippen LogP contribution in [-0.4, -0.2) is 33.0 Å². The van der Waals surface area contributed by atoms with E-state index in [1.165, 1.54) is 0 Å². The second kappa shape index (κ2) is 4.89. The van der Waals surface area contributed by atoms with Gasteiger partial charge in [0.1, 0.15) is 0 Å². The number of hydrogen-bond acceptors (Lipinski definition) is 5. The van der Waals surface area contributed by atoms with E-state index in [0.29, 0.717) is 11.7 Å². The molecular formula is C12H17N5O. The first-order valence-electron chi connectivity index (χ1n) is 6.36. The van der Waals surface area contributed by atoms with Gasteiger partial charge >= 0.3 is 0 Å². The fourth-order valence-corrected chi connectivity index (χ4v) is 2.32. The van der Waals surface area contributed by atoms with Crippen LogP contribution < -0.4 is 5.32 Å². The van der Waals surface area contributed by atoms with Crippen molar-refractivity contribution < 1.29 is 4.52 Å². The van der Waals surface area contributed by atoms with E-state index < -0.39 is 0 Å². The summed E-state index contributed by atoms with van der Waals surface area (Å²) < 4.78 is 7.13. The Balaban J connectivity index is 1.80. The van der Waals surface area contributed by atoms with Crippen LogP contribution in [0.4, 0.5) is 0 Å². The first kappa shape index (κ1) is 11.4. The maximum Gasteiger partial charge on any atom is 0.230 e. The predicted octanol–water partition coefficient (Wildman–Crippen LogP) is 1.33. The van der Waals surface area contributed by atoms with Crippen LogP contribution in [0.2, 0.25) is 0 Å². The number of hydrogen-bond donors (Lipinski definition) is 1. The number of nitrogens with one attached hydrogen (secondary N) is 1. The van der Waals surface area contributed by atoms with Crippen molar-refractivity contribution >= 4 is 0 Å². The van der Waals surface area contributed by atoms with Crippen LogP contribution in [0.15, 0.2) is 16.9 Å². The normalized spacial score (nSPS) is 20.8. The highest BCUT2D eigenvalue weighted by Gasteiger charge is 2.21. The average molecular weight is 247 g/mol. The quantitative estimate of drug-likeness (QED) is 0.867. The van der Waals surface area contributed by atoms with Crippen molar-refractivity contribution in [1.82, 2.24) is 25.2 Å². The summed E-state index contributed by atoms with van der Waals surface area (Å²) in [5.41, 5.74) is 0.902. The molecule has 0 amide bonds. The molecule has 1 aliphatic rings. The number of rotatable bonds is 2. The molecule has 2 aromatic rings. The van der Waals surface area contributed by atoms with Crippen molar-refractivity contribution in [2.24, 2.45) is 7.05 Å². The maximum absolute atomic E-state index is 5.40. The lowest BCUT2D eigenvalue weighted by atomic mass is 10.0. The van der Waals surface area contributed by atoms with E-state index in [-0.39, 0.29) is 0 Å². The molecule has 3 rings (SSSR count). The first-order chi connectivity index (χ1) is 8.83. The maximum atomic E-state index is 5.40. The van der Waals surface area contributed by atoms with Gasteiger partial charge in [-0.15, -0.1) is 0 Å². The Labute approximate surface area is 105 Å². The molecule has 0 aromatic carbocycles.